The first kappa shape index (κ1) is 18.3. The molecule has 2 aromatic heterocycles. The third kappa shape index (κ3) is 4.39. The molecular formula is C14H18ClN4O4S2+. The molecule has 0 aliphatic carbocycles. The Labute approximate surface area is 154 Å². The van der Waals surface area contributed by atoms with Crippen LogP contribution in [-0.4, -0.2) is 56.5 Å². The number of rotatable bonds is 5. The Morgan fingerprint density at radius 2 is 2.16 bits per heavy atom. The summed E-state index contributed by atoms with van der Waals surface area (Å²) in [4.78, 5) is 13.1. The lowest BCUT2D eigenvalue weighted by Crippen LogP contribution is -3.15. The Hall–Kier alpha value is -1.46. The van der Waals surface area contributed by atoms with Crippen LogP contribution in [0, 0.1) is 6.92 Å². The van der Waals surface area contributed by atoms with E-state index in [2.05, 4.69) is 10.5 Å². The van der Waals surface area contributed by atoms with Crippen LogP contribution < -0.4 is 10.2 Å². The fourth-order valence-corrected chi connectivity index (χ4v) is 5.70. The van der Waals surface area contributed by atoms with E-state index in [1.165, 1.54) is 10.4 Å². The zero-order valence-corrected chi connectivity index (χ0v) is 15.9. The molecule has 25 heavy (non-hydrogen) atoms. The highest BCUT2D eigenvalue weighted by molar-refractivity contribution is 7.91. The van der Waals surface area contributed by atoms with Gasteiger partial charge < -0.3 is 14.7 Å². The summed E-state index contributed by atoms with van der Waals surface area (Å²) in [5.41, 5.74) is 0. The molecule has 1 aliphatic rings. The Morgan fingerprint density at radius 1 is 1.44 bits per heavy atom. The summed E-state index contributed by atoms with van der Waals surface area (Å²) >= 11 is 6.88. The summed E-state index contributed by atoms with van der Waals surface area (Å²) in [6, 6.07) is 4.75. The second kappa shape index (κ2) is 7.42. The molecule has 2 N–H and O–H groups in total. The van der Waals surface area contributed by atoms with Crippen molar-refractivity contribution in [2.24, 2.45) is 0 Å². The predicted octanol–water partition coefficient (Wildman–Crippen LogP) is 0.226. The topological polar surface area (TPSA) is 97.0 Å². The standard InChI is InChI=1S/C14H17ClN4O4S2/c1-10-8-12(17-23-10)16-13(20)9-18-4-6-19(7-5-18)25(21,22)14-3-2-11(15)24-14/h2-3,8H,4-7,9H2,1H3,(H,16,17,20)/p+1. The van der Waals surface area contributed by atoms with E-state index < -0.39 is 10.0 Å². The third-order valence-corrected chi connectivity index (χ3v) is 7.48. The molecule has 1 amide bonds. The maximum absolute atomic E-state index is 12.5. The maximum Gasteiger partial charge on any atom is 0.280 e. The minimum Gasteiger partial charge on any atom is -0.360 e. The van der Waals surface area contributed by atoms with Crippen LogP contribution >= 0.6 is 22.9 Å². The lowest BCUT2D eigenvalue weighted by molar-refractivity contribution is -0.895. The van der Waals surface area contributed by atoms with Gasteiger partial charge in [0.1, 0.15) is 9.97 Å². The highest BCUT2D eigenvalue weighted by atomic mass is 35.5. The molecule has 1 saturated heterocycles. The van der Waals surface area contributed by atoms with Gasteiger partial charge in [0.2, 0.25) is 0 Å². The fourth-order valence-electron chi connectivity index (χ4n) is 2.62. The molecule has 0 bridgehead atoms. The van der Waals surface area contributed by atoms with E-state index in [9.17, 15) is 13.2 Å². The number of anilines is 1. The number of piperazine rings is 1. The summed E-state index contributed by atoms with van der Waals surface area (Å²) in [7, 11) is -3.51. The van der Waals surface area contributed by atoms with Crippen molar-refractivity contribution in [3.05, 3.63) is 28.3 Å². The third-order valence-electron chi connectivity index (χ3n) is 3.88. The normalized spacial score (nSPS) is 16.9. The Kier molecular flexibility index (Phi) is 5.44. The van der Waals surface area contributed by atoms with Crippen molar-refractivity contribution < 1.29 is 22.6 Å². The molecule has 3 heterocycles. The van der Waals surface area contributed by atoms with Gasteiger partial charge in [-0.25, -0.2) is 8.42 Å². The van der Waals surface area contributed by atoms with E-state index in [1.807, 2.05) is 0 Å². The summed E-state index contributed by atoms with van der Waals surface area (Å²) in [5.74, 6) is 0.831. The monoisotopic (exact) mass is 405 g/mol. The van der Waals surface area contributed by atoms with Crippen molar-refractivity contribution in [2.45, 2.75) is 11.1 Å². The van der Waals surface area contributed by atoms with E-state index in [-0.39, 0.29) is 16.7 Å². The number of thiophene rings is 1. The number of carbonyl (C=O) groups is 1. The molecular weight excluding hydrogens is 388 g/mol. The minimum atomic E-state index is -3.51. The van der Waals surface area contributed by atoms with E-state index >= 15 is 0 Å². The van der Waals surface area contributed by atoms with Gasteiger partial charge >= 0.3 is 0 Å². The average molecular weight is 406 g/mol. The lowest BCUT2D eigenvalue weighted by atomic mass is 10.3. The summed E-state index contributed by atoms with van der Waals surface area (Å²) in [6.07, 6.45) is 0. The van der Waals surface area contributed by atoms with Crippen LogP contribution in [0.4, 0.5) is 5.82 Å². The number of amides is 1. The van der Waals surface area contributed by atoms with Crippen molar-refractivity contribution >= 4 is 44.7 Å². The molecule has 1 aliphatic heterocycles. The molecule has 0 saturated carbocycles. The van der Waals surface area contributed by atoms with Gasteiger partial charge in [-0.3, -0.25) is 4.79 Å². The molecule has 0 radical (unpaired) electrons. The summed E-state index contributed by atoms with van der Waals surface area (Å²) < 4.78 is 32.1. The number of quaternary nitrogens is 1. The number of nitrogens with one attached hydrogen (secondary N) is 2. The molecule has 8 nitrogen and oxygen atoms in total. The second-order valence-corrected chi connectivity index (χ2v) is 9.64. The number of hydrogen-bond acceptors (Lipinski definition) is 6. The largest absolute Gasteiger partial charge is 0.360 e. The number of aryl methyl sites for hydroxylation is 1. The zero-order chi connectivity index (χ0) is 18.0. The smallest absolute Gasteiger partial charge is 0.280 e. The average Bonchev–Trinajstić information content (AvgIpc) is 3.16. The van der Waals surface area contributed by atoms with Crippen molar-refractivity contribution in [2.75, 3.05) is 38.0 Å². The summed E-state index contributed by atoms with van der Waals surface area (Å²) in [5, 5.41) is 6.39. The number of nitrogens with zero attached hydrogens (tertiary/aromatic N) is 2. The number of sulfonamides is 1. The van der Waals surface area contributed by atoms with Crippen LogP contribution in [0.15, 0.2) is 26.9 Å². The van der Waals surface area contributed by atoms with Crippen molar-refractivity contribution in [1.29, 1.82) is 0 Å². The molecule has 0 unspecified atom stereocenters. The quantitative estimate of drug-likeness (QED) is 0.742. The van der Waals surface area contributed by atoms with Crippen molar-refractivity contribution in [3.8, 4) is 0 Å². The highest BCUT2D eigenvalue weighted by Gasteiger charge is 2.32. The van der Waals surface area contributed by atoms with Gasteiger partial charge in [0.15, 0.2) is 12.4 Å². The molecule has 0 aromatic carbocycles. The molecule has 2 aromatic rings. The Bertz CT molecular complexity index is 856. The molecule has 1 fully saturated rings. The van der Waals surface area contributed by atoms with E-state index in [0.717, 1.165) is 16.2 Å². The Balaban J connectivity index is 1.52. The lowest BCUT2D eigenvalue weighted by Gasteiger charge is -2.30. The highest BCUT2D eigenvalue weighted by Crippen LogP contribution is 2.27. The summed E-state index contributed by atoms with van der Waals surface area (Å²) in [6.45, 7) is 3.85. The molecule has 136 valence electrons. The van der Waals surface area contributed by atoms with Crippen LogP contribution in [0.1, 0.15) is 5.76 Å². The number of hydrogen-bond donors (Lipinski definition) is 2. The van der Waals surface area contributed by atoms with E-state index in [0.29, 0.717) is 42.1 Å². The molecule has 3 rings (SSSR count). The first-order chi connectivity index (χ1) is 11.8. The number of carbonyl (C=O) groups excluding carboxylic acids is 1. The number of aromatic nitrogens is 1. The van der Waals surface area contributed by atoms with Crippen LogP contribution in [0.25, 0.3) is 0 Å². The predicted molar refractivity (Wildman–Crippen MR) is 93.5 cm³/mol. The van der Waals surface area contributed by atoms with Gasteiger partial charge in [-0.15, -0.1) is 11.3 Å². The zero-order valence-electron chi connectivity index (χ0n) is 13.5. The van der Waals surface area contributed by atoms with Gasteiger partial charge in [-0.2, -0.15) is 4.31 Å². The SMILES string of the molecule is Cc1cc(NC(=O)C[NH+]2CCN(S(=O)(=O)c3ccc(Cl)s3)CC2)no1. The Morgan fingerprint density at radius 3 is 2.72 bits per heavy atom. The molecule has 0 spiro atoms. The van der Waals surface area contributed by atoms with Gasteiger partial charge in [-0.1, -0.05) is 16.8 Å². The van der Waals surface area contributed by atoms with Gasteiger partial charge in [0, 0.05) is 6.07 Å². The van der Waals surface area contributed by atoms with Crippen LogP contribution in [-0.2, 0) is 14.8 Å². The van der Waals surface area contributed by atoms with Gasteiger partial charge in [0.25, 0.3) is 15.9 Å². The minimum absolute atomic E-state index is 0.176. The maximum atomic E-state index is 12.5. The van der Waals surface area contributed by atoms with E-state index in [1.54, 1.807) is 19.1 Å². The first-order valence-electron chi connectivity index (χ1n) is 7.67. The molecule has 11 heteroatoms. The van der Waals surface area contributed by atoms with Crippen LogP contribution in [0.5, 0.6) is 0 Å². The first-order valence-corrected chi connectivity index (χ1v) is 10.3. The molecule has 0 atom stereocenters. The van der Waals surface area contributed by atoms with Gasteiger partial charge in [-0.05, 0) is 19.1 Å². The van der Waals surface area contributed by atoms with Crippen molar-refractivity contribution in [1.82, 2.24) is 9.46 Å². The second-order valence-electron chi connectivity index (χ2n) is 5.76. The van der Waals surface area contributed by atoms with Crippen LogP contribution in [0.2, 0.25) is 4.34 Å². The van der Waals surface area contributed by atoms with E-state index in [4.69, 9.17) is 16.1 Å². The fraction of sp³-hybridized carbons (Fsp3) is 0.429. The van der Waals surface area contributed by atoms with Gasteiger partial charge in [0.05, 0.1) is 30.5 Å². The van der Waals surface area contributed by atoms with Crippen molar-refractivity contribution in [3.63, 3.8) is 0 Å². The van der Waals surface area contributed by atoms with Crippen LogP contribution in [0.3, 0.4) is 0 Å². The number of halogens is 1.